The highest BCUT2D eigenvalue weighted by atomic mass is 19.4. The summed E-state index contributed by atoms with van der Waals surface area (Å²) in [5, 5.41) is 17.1. The van der Waals surface area contributed by atoms with E-state index in [1.165, 1.54) is 0 Å². The van der Waals surface area contributed by atoms with Crippen molar-refractivity contribution in [3.05, 3.63) is 0 Å². The predicted octanol–water partition coefficient (Wildman–Crippen LogP) is 3.22. The van der Waals surface area contributed by atoms with E-state index in [0.717, 1.165) is 0 Å². The van der Waals surface area contributed by atoms with Crippen LogP contribution >= 0.6 is 0 Å². The Morgan fingerprint density at radius 2 is 1.25 bits per heavy atom. The van der Waals surface area contributed by atoms with Crippen LogP contribution in [-0.4, -0.2) is 34.5 Å². The summed E-state index contributed by atoms with van der Waals surface area (Å²) in [6.07, 6.45) is -16.8. The normalized spacial score (nSPS) is 13.3. The van der Waals surface area contributed by atoms with Gasteiger partial charge in [0.25, 0.3) is 0 Å². The van der Waals surface area contributed by atoms with Crippen LogP contribution in [0.3, 0.4) is 0 Å². The molecule has 118 valence electrons. The molecule has 10 heteroatoms. The molecule has 0 amide bonds. The zero-order chi connectivity index (χ0) is 16.2. The van der Waals surface area contributed by atoms with Gasteiger partial charge in [0.1, 0.15) is 0 Å². The van der Waals surface area contributed by atoms with Crippen LogP contribution in [0.15, 0.2) is 0 Å². The quantitative estimate of drug-likeness (QED) is 0.708. The summed E-state index contributed by atoms with van der Waals surface area (Å²) >= 11 is 0. The second-order valence-electron chi connectivity index (χ2n) is 4.42. The second kappa shape index (κ2) is 6.31. The Morgan fingerprint density at radius 3 is 1.50 bits per heavy atom. The first-order valence-corrected chi connectivity index (χ1v) is 5.36. The minimum absolute atomic E-state index is 0.589. The van der Waals surface area contributed by atoms with Gasteiger partial charge in [0.15, 0.2) is 0 Å². The van der Waals surface area contributed by atoms with Gasteiger partial charge in [-0.2, -0.15) is 26.3 Å². The van der Waals surface area contributed by atoms with Crippen molar-refractivity contribution in [2.45, 2.75) is 44.5 Å². The van der Waals surface area contributed by atoms with Crippen molar-refractivity contribution in [3.63, 3.8) is 0 Å². The van der Waals surface area contributed by atoms with Gasteiger partial charge >= 0.3 is 24.3 Å². The third kappa shape index (κ3) is 7.19. The monoisotopic (exact) mass is 310 g/mol. The van der Waals surface area contributed by atoms with E-state index in [1.807, 2.05) is 0 Å². The van der Waals surface area contributed by atoms with E-state index in [2.05, 4.69) is 0 Å². The Kier molecular flexibility index (Phi) is 5.85. The van der Waals surface area contributed by atoms with E-state index in [4.69, 9.17) is 10.2 Å². The molecule has 0 radical (unpaired) electrons. The maximum atomic E-state index is 12.3. The third-order valence-electron chi connectivity index (χ3n) is 2.58. The lowest BCUT2D eigenvalue weighted by molar-refractivity contribution is -0.208. The molecule has 0 aromatic rings. The van der Waals surface area contributed by atoms with Crippen LogP contribution in [0.25, 0.3) is 0 Å². The van der Waals surface area contributed by atoms with E-state index in [9.17, 15) is 35.9 Å². The van der Waals surface area contributed by atoms with Crippen LogP contribution in [0.5, 0.6) is 0 Å². The molecule has 0 spiro atoms. The Hall–Kier alpha value is -1.48. The van der Waals surface area contributed by atoms with Crippen LogP contribution in [-0.2, 0) is 9.59 Å². The van der Waals surface area contributed by atoms with Crippen molar-refractivity contribution < 1.29 is 46.1 Å². The largest absolute Gasteiger partial charge is 0.481 e. The zero-order valence-corrected chi connectivity index (χ0v) is 10.0. The Bertz CT molecular complexity index is 344. The van der Waals surface area contributed by atoms with E-state index >= 15 is 0 Å². The molecule has 4 nitrogen and oxygen atoms in total. The summed E-state index contributed by atoms with van der Waals surface area (Å²) in [4.78, 5) is 21.1. The number of carbonyl (C=O) groups is 2. The first-order chi connectivity index (χ1) is 8.77. The molecule has 0 rings (SSSR count). The van der Waals surface area contributed by atoms with Crippen molar-refractivity contribution >= 4 is 11.9 Å². The number of halogens is 6. The molecule has 0 heterocycles. The molecule has 0 aliphatic carbocycles. The Balaban J connectivity index is 5.23. The molecule has 0 unspecified atom stereocenters. The standard InChI is InChI=1S/C10H12F6O4/c11-9(12,13)4-8(7(19)20,5-10(14,15)16)3-1-2-6(17)18/h1-5H2,(H,17,18)(H,19,20). The van der Waals surface area contributed by atoms with Crippen molar-refractivity contribution in [2.24, 2.45) is 5.41 Å². The first-order valence-electron chi connectivity index (χ1n) is 5.36. The summed E-state index contributed by atoms with van der Waals surface area (Å²) in [6, 6.07) is 0. The Morgan fingerprint density at radius 1 is 0.850 bits per heavy atom. The first kappa shape index (κ1) is 18.5. The fourth-order valence-electron chi connectivity index (χ4n) is 1.84. The van der Waals surface area contributed by atoms with Gasteiger partial charge in [0.2, 0.25) is 0 Å². The van der Waals surface area contributed by atoms with Gasteiger partial charge in [0.05, 0.1) is 18.3 Å². The SMILES string of the molecule is O=C(O)CCCC(CC(F)(F)F)(CC(F)(F)F)C(=O)O. The molecular formula is C10H12F6O4. The van der Waals surface area contributed by atoms with Gasteiger partial charge in [-0.15, -0.1) is 0 Å². The Labute approximate surface area is 109 Å². The van der Waals surface area contributed by atoms with Crippen LogP contribution in [0, 0.1) is 5.41 Å². The zero-order valence-electron chi connectivity index (χ0n) is 10.0. The maximum Gasteiger partial charge on any atom is 0.390 e. The van der Waals surface area contributed by atoms with Gasteiger partial charge in [-0.25, -0.2) is 0 Å². The highest BCUT2D eigenvalue weighted by Gasteiger charge is 2.53. The van der Waals surface area contributed by atoms with Crippen molar-refractivity contribution in [3.8, 4) is 0 Å². The van der Waals surface area contributed by atoms with Crippen molar-refractivity contribution in [1.82, 2.24) is 0 Å². The number of carboxylic acid groups (broad SMARTS) is 2. The molecular weight excluding hydrogens is 298 g/mol. The van der Waals surface area contributed by atoms with Gasteiger partial charge in [-0.1, -0.05) is 0 Å². The maximum absolute atomic E-state index is 12.3. The second-order valence-corrected chi connectivity index (χ2v) is 4.42. The fraction of sp³-hybridized carbons (Fsp3) is 0.800. The van der Waals surface area contributed by atoms with Gasteiger partial charge in [-0.3, -0.25) is 9.59 Å². The summed E-state index contributed by atoms with van der Waals surface area (Å²) in [5.41, 5.74) is -3.09. The third-order valence-corrected chi connectivity index (χ3v) is 2.58. The number of hydrogen-bond acceptors (Lipinski definition) is 2. The lowest BCUT2D eigenvalue weighted by Crippen LogP contribution is -2.40. The van der Waals surface area contributed by atoms with Crippen LogP contribution in [0.2, 0.25) is 0 Å². The number of carboxylic acids is 2. The molecule has 0 aliphatic rings. The van der Waals surface area contributed by atoms with Crippen molar-refractivity contribution in [2.75, 3.05) is 0 Å². The predicted molar refractivity (Wildman–Crippen MR) is 52.9 cm³/mol. The summed E-state index contributed by atoms with van der Waals surface area (Å²) in [7, 11) is 0. The van der Waals surface area contributed by atoms with Crippen molar-refractivity contribution in [1.29, 1.82) is 0 Å². The molecule has 0 fully saturated rings. The van der Waals surface area contributed by atoms with Gasteiger partial charge in [0, 0.05) is 6.42 Å². The van der Waals surface area contributed by atoms with Gasteiger partial charge in [-0.05, 0) is 12.8 Å². The minimum Gasteiger partial charge on any atom is -0.481 e. The highest BCUT2D eigenvalue weighted by Crippen LogP contribution is 2.45. The van der Waals surface area contributed by atoms with E-state index in [1.54, 1.807) is 0 Å². The average Bonchev–Trinajstić information content (AvgIpc) is 2.10. The molecule has 0 aromatic carbocycles. The topological polar surface area (TPSA) is 74.6 Å². The summed E-state index contributed by atoms with van der Waals surface area (Å²) in [5.74, 6) is -3.67. The highest BCUT2D eigenvalue weighted by molar-refractivity contribution is 5.75. The average molecular weight is 310 g/mol. The smallest absolute Gasteiger partial charge is 0.390 e. The van der Waals surface area contributed by atoms with E-state index < -0.39 is 61.8 Å². The number of aliphatic carboxylic acids is 2. The lowest BCUT2D eigenvalue weighted by atomic mass is 9.76. The van der Waals surface area contributed by atoms with Crippen LogP contribution in [0.4, 0.5) is 26.3 Å². The molecule has 0 atom stereocenters. The molecule has 0 aliphatic heterocycles. The minimum atomic E-state index is -5.10. The van der Waals surface area contributed by atoms with Crippen LogP contribution < -0.4 is 0 Å². The summed E-state index contributed by atoms with van der Waals surface area (Å²) < 4.78 is 73.9. The van der Waals surface area contributed by atoms with Crippen LogP contribution in [0.1, 0.15) is 32.1 Å². The number of hydrogen-bond donors (Lipinski definition) is 2. The number of alkyl halides is 6. The summed E-state index contributed by atoms with van der Waals surface area (Å²) in [6.45, 7) is 0. The molecule has 0 bridgehead atoms. The molecule has 0 aromatic heterocycles. The lowest BCUT2D eigenvalue weighted by Gasteiger charge is -2.31. The van der Waals surface area contributed by atoms with Gasteiger partial charge < -0.3 is 10.2 Å². The molecule has 20 heavy (non-hydrogen) atoms. The molecule has 0 saturated carbocycles. The number of rotatable bonds is 7. The van der Waals surface area contributed by atoms with E-state index in [0.29, 0.717) is 0 Å². The molecule has 2 N–H and O–H groups in total. The molecule has 0 saturated heterocycles. The fourth-order valence-corrected chi connectivity index (χ4v) is 1.84. The van der Waals surface area contributed by atoms with E-state index in [-0.39, 0.29) is 0 Å².